The topological polar surface area (TPSA) is 68.5 Å². The average Bonchev–Trinajstić information content (AvgIpc) is 3.12. The summed E-state index contributed by atoms with van der Waals surface area (Å²) in [5.74, 6) is 1.82. The quantitative estimate of drug-likeness (QED) is 0.677. The first kappa shape index (κ1) is 17.7. The third-order valence-electron chi connectivity index (χ3n) is 4.11. The van der Waals surface area contributed by atoms with E-state index in [1.165, 1.54) is 0 Å². The van der Waals surface area contributed by atoms with Crippen molar-refractivity contribution >= 4 is 5.91 Å². The van der Waals surface area contributed by atoms with Crippen LogP contribution < -0.4 is 4.74 Å². The average molecular weight is 351 g/mol. The van der Waals surface area contributed by atoms with Crippen LogP contribution in [0.1, 0.15) is 28.7 Å². The van der Waals surface area contributed by atoms with Crippen molar-refractivity contribution in [3.8, 4) is 17.2 Å². The lowest BCUT2D eigenvalue weighted by atomic mass is 10.1. The number of amides is 1. The number of hydrogen-bond acceptors (Lipinski definition) is 5. The van der Waals surface area contributed by atoms with Crippen LogP contribution in [-0.2, 0) is 6.54 Å². The molecule has 1 aromatic heterocycles. The van der Waals surface area contributed by atoms with E-state index in [-0.39, 0.29) is 5.91 Å². The van der Waals surface area contributed by atoms with Crippen molar-refractivity contribution in [3.05, 3.63) is 65.5 Å². The van der Waals surface area contributed by atoms with Crippen LogP contribution in [0.2, 0.25) is 0 Å². The summed E-state index contributed by atoms with van der Waals surface area (Å²) >= 11 is 0. The summed E-state index contributed by atoms with van der Waals surface area (Å²) in [6.07, 6.45) is 0. The Morgan fingerprint density at radius 1 is 1.12 bits per heavy atom. The molecule has 0 N–H and O–H groups in total. The van der Waals surface area contributed by atoms with E-state index in [1.807, 2.05) is 43.3 Å². The van der Waals surface area contributed by atoms with Crippen molar-refractivity contribution in [2.24, 2.45) is 0 Å². The maximum Gasteiger partial charge on any atom is 0.257 e. The Bertz CT molecular complexity index is 870. The molecule has 0 bridgehead atoms. The fourth-order valence-electron chi connectivity index (χ4n) is 2.63. The van der Waals surface area contributed by atoms with Gasteiger partial charge in [0.15, 0.2) is 5.82 Å². The number of hydrogen-bond donors (Lipinski definition) is 0. The van der Waals surface area contributed by atoms with Crippen LogP contribution in [0.25, 0.3) is 11.5 Å². The van der Waals surface area contributed by atoms with Crippen molar-refractivity contribution in [2.75, 3.05) is 13.7 Å². The van der Waals surface area contributed by atoms with Crippen LogP contribution in [0.4, 0.5) is 0 Å². The zero-order valence-corrected chi connectivity index (χ0v) is 15.1. The first-order valence-corrected chi connectivity index (χ1v) is 8.43. The Hall–Kier alpha value is -3.15. The van der Waals surface area contributed by atoms with Gasteiger partial charge in [0.2, 0.25) is 0 Å². The number of aromatic nitrogens is 2. The summed E-state index contributed by atoms with van der Waals surface area (Å²) in [4.78, 5) is 18.8. The fourth-order valence-corrected chi connectivity index (χ4v) is 2.63. The maximum absolute atomic E-state index is 12.8. The monoisotopic (exact) mass is 351 g/mol. The largest absolute Gasteiger partial charge is 0.497 e. The molecule has 0 unspecified atom stereocenters. The molecule has 6 heteroatoms. The number of nitrogens with zero attached hydrogens (tertiary/aromatic N) is 3. The molecule has 0 aliphatic rings. The number of rotatable bonds is 6. The highest BCUT2D eigenvalue weighted by atomic mass is 16.5. The summed E-state index contributed by atoms with van der Waals surface area (Å²) in [6.45, 7) is 4.90. The van der Waals surface area contributed by atoms with Gasteiger partial charge in [0.25, 0.3) is 11.8 Å². The molecular formula is C20H21N3O3. The minimum absolute atomic E-state index is 0.0171. The molecule has 0 aliphatic carbocycles. The van der Waals surface area contributed by atoms with Crippen molar-refractivity contribution in [1.29, 1.82) is 0 Å². The van der Waals surface area contributed by atoms with E-state index in [0.717, 1.165) is 16.9 Å². The van der Waals surface area contributed by atoms with Gasteiger partial charge in [-0.2, -0.15) is 4.98 Å². The minimum atomic E-state index is -0.0171. The number of carbonyl (C=O) groups is 1. The van der Waals surface area contributed by atoms with Crippen LogP contribution in [0.5, 0.6) is 5.75 Å². The molecule has 26 heavy (non-hydrogen) atoms. The third-order valence-corrected chi connectivity index (χ3v) is 4.11. The van der Waals surface area contributed by atoms with E-state index in [9.17, 15) is 4.79 Å². The number of benzene rings is 2. The van der Waals surface area contributed by atoms with E-state index in [1.54, 1.807) is 31.1 Å². The van der Waals surface area contributed by atoms with Crippen LogP contribution >= 0.6 is 0 Å². The van der Waals surface area contributed by atoms with Crippen LogP contribution in [-0.4, -0.2) is 34.6 Å². The highest BCUT2D eigenvalue weighted by molar-refractivity contribution is 5.94. The molecular weight excluding hydrogens is 330 g/mol. The van der Waals surface area contributed by atoms with Gasteiger partial charge in [0, 0.05) is 24.2 Å². The Kier molecular flexibility index (Phi) is 5.31. The number of aryl methyl sites for hydroxylation is 1. The van der Waals surface area contributed by atoms with Crippen LogP contribution in [0.15, 0.2) is 53.1 Å². The Morgan fingerprint density at radius 2 is 1.81 bits per heavy atom. The molecule has 1 heterocycles. The predicted molar refractivity (Wildman–Crippen MR) is 97.9 cm³/mol. The highest BCUT2D eigenvalue weighted by Gasteiger charge is 2.15. The lowest BCUT2D eigenvalue weighted by molar-refractivity contribution is 0.0752. The second-order valence-electron chi connectivity index (χ2n) is 5.89. The van der Waals surface area contributed by atoms with Crippen molar-refractivity contribution in [2.45, 2.75) is 20.4 Å². The second-order valence-corrected chi connectivity index (χ2v) is 5.89. The number of ether oxygens (including phenoxy) is 1. The molecule has 0 atom stereocenters. The summed E-state index contributed by atoms with van der Waals surface area (Å²) in [5.41, 5.74) is 2.47. The van der Waals surface area contributed by atoms with Crippen molar-refractivity contribution in [1.82, 2.24) is 15.0 Å². The number of methoxy groups -OCH3 is 1. The SMILES string of the molecule is CCN(Cc1ccc(OC)cc1)C(=O)c1ccc(-c2nc(C)no2)cc1. The van der Waals surface area contributed by atoms with Gasteiger partial charge in [-0.1, -0.05) is 17.3 Å². The van der Waals surface area contributed by atoms with E-state index in [4.69, 9.17) is 9.26 Å². The number of carbonyl (C=O) groups excluding carboxylic acids is 1. The molecule has 3 aromatic rings. The van der Waals surface area contributed by atoms with Gasteiger partial charge in [-0.15, -0.1) is 0 Å². The van der Waals surface area contributed by atoms with Gasteiger partial charge < -0.3 is 14.2 Å². The predicted octanol–water partition coefficient (Wildman–Crippen LogP) is 3.72. The van der Waals surface area contributed by atoms with Crippen molar-refractivity contribution < 1.29 is 14.1 Å². The highest BCUT2D eigenvalue weighted by Crippen LogP contribution is 2.19. The molecule has 0 spiro atoms. The molecule has 0 radical (unpaired) electrons. The minimum Gasteiger partial charge on any atom is -0.497 e. The third kappa shape index (κ3) is 3.91. The Morgan fingerprint density at radius 3 is 2.35 bits per heavy atom. The van der Waals surface area contributed by atoms with Gasteiger partial charge in [0.05, 0.1) is 7.11 Å². The van der Waals surface area contributed by atoms with Crippen molar-refractivity contribution in [3.63, 3.8) is 0 Å². The van der Waals surface area contributed by atoms with Gasteiger partial charge in [0.1, 0.15) is 5.75 Å². The first-order valence-electron chi connectivity index (χ1n) is 8.43. The molecule has 2 aromatic carbocycles. The lowest BCUT2D eigenvalue weighted by Crippen LogP contribution is -2.30. The zero-order chi connectivity index (χ0) is 18.5. The standard InChI is InChI=1S/C20H21N3O3/c1-4-23(13-15-5-11-18(25-3)12-6-15)20(24)17-9-7-16(8-10-17)19-21-14(2)22-26-19/h5-12H,4,13H2,1-3H3. The molecule has 0 saturated heterocycles. The summed E-state index contributed by atoms with van der Waals surface area (Å²) in [7, 11) is 1.64. The molecule has 0 aliphatic heterocycles. The summed E-state index contributed by atoms with van der Waals surface area (Å²) in [5, 5.41) is 3.78. The molecule has 3 rings (SSSR count). The Balaban J connectivity index is 1.73. The normalized spacial score (nSPS) is 10.6. The molecule has 0 fully saturated rings. The van der Waals surface area contributed by atoms with Gasteiger partial charge in [-0.25, -0.2) is 0 Å². The van der Waals surface area contributed by atoms with E-state index in [2.05, 4.69) is 10.1 Å². The van der Waals surface area contributed by atoms with E-state index >= 15 is 0 Å². The molecule has 1 amide bonds. The van der Waals surface area contributed by atoms with Gasteiger partial charge >= 0.3 is 0 Å². The lowest BCUT2D eigenvalue weighted by Gasteiger charge is -2.21. The smallest absolute Gasteiger partial charge is 0.257 e. The molecule has 6 nitrogen and oxygen atoms in total. The summed E-state index contributed by atoms with van der Waals surface area (Å²) < 4.78 is 10.3. The molecule has 134 valence electrons. The maximum atomic E-state index is 12.8. The van der Waals surface area contributed by atoms with Crippen LogP contribution in [0.3, 0.4) is 0 Å². The Labute approximate surface area is 152 Å². The molecule has 0 saturated carbocycles. The van der Waals surface area contributed by atoms with Gasteiger partial charge in [-0.05, 0) is 55.8 Å². The first-order chi connectivity index (χ1) is 12.6. The van der Waals surface area contributed by atoms with Crippen LogP contribution in [0, 0.1) is 6.92 Å². The zero-order valence-electron chi connectivity index (χ0n) is 15.1. The van der Waals surface area contributed by atoms with Gasteiger partial charge in [-0.3, -0.25) is 4.79 Å². The summed E-state index contributed by atoms with van der Waals surface area (Å²) in [6, 6.07) is 14.9. The van der Waals surface area contributed by atoms with E-state index < -0.39 is 0 Å². The fraction of sp³-hybridized carbons (Fsp3) is 0.250. The second kappa shape index (κ2) is 7.82. The van der Waals surface area contributed by atoms with E-state index in [0.29, 0.717) is 30.4 Å².